The van der Waals surface area contributed by atoms with E-state index in [-0.39, 0.29) is 24.7 Å². The lowest BCUT2D eigenvalue weighted by molar-refractivity contribution is -0.258. The molecule has 182 valence electrons. The van der Waals surface area contributed by atoms with Gasteiger partial charge in [-0.05, 0) is 61.4 Å². The molecule has 2 N–H and O–H groups in total. The van der Waals surface area contributed by atoms with E-state index in [1.807, 2.05) is 4.90 Å². The largest absolute Gasteiger partial charge is 0.421 e. The molecule has 2 atom stereocenters. The predicted molar refractivity (Wildman–Crippen MR) is 122 cm³/mol. The first-order valence-corrected chi connectivity index (χ1v) is 13.2. The Hall–Kier alpha value is -1.66. The minimum Gasteiger partial charge on any atom is -0.376 e. The molecule has 2 fully saturated rings. The van der Waals surface area contributed by atoms with Crippen molar-refractivity contribution in [2.45, 2.75) is 41.8 Å². The number of rotatable bonds is 8. The SMILES string of the molecule is CC(O)(c1ccc(N2CCN(S(=O)(=O)c3cccs3)C[C@@H]2CNCC2CC2)cc1)C(F)(F)F. The normalized spacial score (nSPS) is 22.3. The number of alkyl halides is 3. The fraction of sp³-hybridized carbons (Fsp3) is 0.545. The van der Waals surface area contributed by atoms with Crippen molar-refractivity contribution in [2.75, 3.05) is 37.6 Å². The summed E-state index contributed by atoms with van der Waals surface area (Å²) in [7, 11) is -3.59. The summed E-state index contributed by atoms with van der Waals surface area (Å²) in [5.74, 6) is 0.664. The maximum Gasteiger partial charge on any atom is 0.421 e. The zero-order valence-corrected chi connectivity index (χ0v) is 19.9. The van der Waals surface area contributed by atoms with E-state index in [1.165, 1.54) is 40.6 Å². The van der Waals surface area contributed by atoms with Gasteiger partial charge in [0, 0.05) is 31.9 Å². The van der Waals surface area contributed by atoms with Crippen molar-refractivity contribution < 1.29 is 26.7 Å². The number of hydrogen-bond acceptors (Lipinski definition) is 6. The predicted octanol–water partition coefficient (Wildman–Crippen LogP) is 3.40. The highest BCUT2D eigenvalue weighted by molar-refractivity contribution is 7.91. The zero-order valence-electron chi connectivity index (χ0n) is 18.3. The van der Waals surface area contributed by atoms with Gasteiger partial charge in [0.2, 0.25) is 0 Å². The van der Waals surface area contributed by atoms with Crippen molar-refractivity contribution in [2.24, 2.45) is 5.92 Å². The van der Waals surface area contributed by atoms with E-state index in [0.717, 1.165) is 13.5 Å². The van der Waals surface area contributed by atoms with E-state index in [0.29, 0.717) is 28.9 Å². The van der Waals surface area contributed by atoms with Gasteiger partial charge in [-0.15, -0.1) is 11.3 Å². The zero-order chi connectivity index (χ0) is 23.9. The lowest BCUT2D eigenvalue weighted by Gasteiger charge is -2.42. The summed E-state index contributed by atoms with van der Waals surface area (Å²) >= 11 is 1.18. The minimum atomic E-state index is -4.79. The van der Waals surface area contributed by atoms with Gasteiger partial charge in [0.1, 0.15) is 4.21 Å². The van der Waals surface area contributed by atoms with Crippen LogP contribution in [-0.2, 0) is 15.6 Å². The van der Waals surface area contributed by atoms with Crippen molar-refractivity contribution in [3.05, 3.63) is 47.3 Å². The quantitative estimate of drug-likeness (QED) is 0.578. The number of aliphatic hydroxyl groups is 1. The summed E-state index contributed by atoms with van der Waals surface area (Å²) in [6.07, 6.45) is -2.40. The first-order valence-electron chi connectivity index (χ1n) is 10.9. The smallest absolute Gasteiger partial charge is 0.376 e. The lowest BCUT2D eigenvalue weighted by atomic mass is 9.95. The maximum absolute atomic E-state index is 13.2. The van der Waals surface area contributed by atoms with Crippen LogP contribution in [0.3, 0.4) is 0 Å². The third-order valence-corrected chi connectivity index (χ3v) is 9.60. The molecule has 1 saturated heterocycles. The monoisotopic (exact) mass is 503 g/mol. The van der Waals surface area contributed by atoms with E-state index >= 15 is 0 Å². The molecule has 1 aromatic heterocycles. The topological polar surface area (TPSA) is 72.9 Å². The molecule has 0 spiro atoms. The van der Waals surface area contributed by atoms with Crippen LogP contribution in [0.4, 0.5) is 18.9 Å². The fourth-order valence-corrected chi connectivity index (χ4v) is 6.63. The molecule has 2 aromatic rings. The molecule has 1 unspecified atom stereocenters. The average Bonchev–Trinajstić information content (AvgIpc) is 3.41. The van der Waals surface area contributed by atoms with Crippen molar-refractivity contribution >= 4 is 27.0 Å². The third kappa shape index (κ3) is 5.22. The Bertz CT molecular complexity index is 1040. The van der Waals surface area contributed by atoms with E-state index in [4.69, 9.17) is 0 Å². The van der Waals surface area contributed by atoms with Crippen molar-refractivity contribution in [1.29, 1.82) is 0 Å². The van der Waals surface area contributed by atoms with Crippen LogP contribution < -0.4 is 10.2 Å². The highest BCUT2D eigenvalue weighted by Crippen LogP contribution is 2.39. The van der Waals surface area contributed by atoms with Crippen LogP contribution in [-0.4, -0.2) is 62.8 Å². The first kappa shape index (κ1) is 24.5. The van der Waals surface area contributed by atoms with Gasteiger partial charge in [-0.2, -0.15) is 17.5 Å². The second-order valence-electron chi connectivity index (χ2n) is 8.86. The molecule has 1 saturated carbocycles. The molecule has 33 heavy (non-hydrogen) atoms. The molecular weight excluding hydrogens is 475 g/mol. The van der Waals surface area contributed by atoms with Gasteiger partial charge in [0.05, 0.1) is 6.04 Å². The summed E-state index contributed by atoms with van der Waals surface area (Å²) in [5.41, 5.74) is -2.48. The molecule has 6 nitrogen and oxygen atoms in total. The number of halogens is 3. The molecule has 1 aliphatic heterocycles. The molecular formula is C22H28F3N3O3S2. The molecule has 2 aliphatic rings. The maximum atomic E-state index is 13.2. The van der Waals surface area contributed by atoms with Crippen LogP contribution >= 0.6 is 11.3 Å². The van der Waals surface area contributed by atoms with Crippen LogP contribution in [0.5, 0.6) is 0 Å². The summed E-state index contributed by atoms with van der Waals surface area (Å²) < 4.78 is 67.4. The number of sulfonamides is 1. The fourth-order valence-electron chi connectivity index (χ4n) is 4.01. The summed E-state index contributed by atoms with van der Waals surface area (Å²) in [6.45, 7) is 3.14. The van der Waals surface area contributed by atoms with Crippen LogP contribution in [0.25, 0.3) is 0 Å². The average molecular weight is 504 g/mol. The second kappa shape index (κ2) is 9.18. The minimum absolute atomic E-state index is 0.179. The van der Waals surface area contributed by atoms with Gasteiger partial charge in [0.15, 0.2) is 5.60 Å². The molecule has 1 aliphatic carbocycles. The Morgan fingerprint density at radius 2 is 1.82 bits per heavy atom. The van der Waals surface area contributed by atoms with Crippen molar-refractivity contribution in [3.8, 4) is 0 Å². The number of anilines is 1. The van der Waals surface area contributed by atoms with Crippen LogP contribution in [0, 0.1) is 5.92 Å². The van der Waals surface area contributed by atoms with E-state index < -0.39 is 21.8 Å². The van der Waals surface area contributed by atoms with Gasteiger partial charge >= 0.3 is 6.18 Å². The highest BCUT2D eigenvalue weighted by atomic mass is 32.2. The Kier molecular flexibility index (Phi) is 6.81. The van der Waals surface area contributed by atoms with Gasteiger partial charge in [0.25, 0.3) is 10.0 Å². The van der Waals surface area contributed by atoms with Crippen molar-refractivity contribution in [3.63, 3.8) is 0 Å². The standard InChI is InChI=1S/C22H28F3N3O3S2/c1-21(29,22(23,24)25)17-6-8-18(9-7-17)28-11-10-27(33(30,31)20-3-2-12-32-20)15-19(28)14-26-13-16-4-5-16/h2-3,6-9,12,16,19,26,29H,4-5,10-11,13-15H2,1H3/t19-,21?/m0/s1. The third-order valence-electron chi connectivity index (χ3n) is 6.36. The van der Waals surface area contributed by atoms with E-state index in [1.54, 1.807) is 29.6 Å². The number of nitrogens with one attached hydrogen (secondary N) is 1. The second-order valence-corrected chi connectivity index (χ2v) is 12.0. The molecule has 0 bridgehead atoms. The van der Waals surface area contributed by atoms with Crippen LogP contribution in [0.2, 0.25) is 0 Å². The Labute approximate surface area is 196 Å². The highest BCUT2D eigenvalue weighted by Gasteiger charge is 2.51. The summed E-state index contributed by atoms with van der Waals surface area (Å²) in [6, 6.07) is 8.82. The number of thiophene rings is 1. The number of benzene rings is 1. The van der Waals surface area contributed by atoms with Crippen LogP contribution in [0.1, 0.15) is 25.3 Å². The summed E-state index contributed by atoms with van der Waals surface area (Å²) in [4.78, 5) is 2.03. The Morgan fingerprint density at radius 3 is 2.39 bits per heavy atom. The number of hydrogen-bond donors (Lipinski definition) is 2. The summed E-state index contributed by atoms with van der Waals surface area (Å²) in [5, 5.41) is 15.1. The van der Waals surface area contributed by atoms with E-state index in [9.17, 15) is 26.7 Å². The lowest BCUT2D eigenvalue weighted by Crippen LogP contribution is -2.58. The Balaban J connectivity index is 1.53. The van der Waals surface area contributed by atoms with Gasteiger partial charge in [-0.25, -0.2) is 8.42 Å². The molecule has 0 amide bonds. The van der Waals surface area contributed by atoms with Crippen LogP contribution in [0.15, 0.2) is 46.0 Å². The molecule has 11 heteroatoms. The van der Waals surface area contributed by atoms with Gasteiger partial charge in [-0.3, -0.25) is 0 Å². The van der Waals surface area contributed by atoms with E-state index in [2.05, 4.69) is 5.32 Å². The van der Waals surface area contributed by atoms with Gasteiger partial charge in [-0.1, -0.05) is 18.2 Å². The number of piperazine rings is 1. The Morgan fingerprint density at radius 1 is 1.12 bits per heavy atom. The molecule has 1 aromatic carbocycles. The van der Waals surface area contributed by atoms with Gasteiger partial charge < -0.3 is 15.3 Å². The molecule has 2 heterocycles. The first-order chi connectivity index (χ1) is 15.5. The molecule has 0 radical (unpaired) electrons. The number of nitrogens with zero attached hydrogens (tertiary/aromatic N) is 2. The van der Waals surface area contributed by atoms with Crippen molar-refractivity contribution in [1.82, 2.24) is 9.62 Å². The molecule has 4 rings (SSSR count).